The number of nitrogen functional groups attached to an aromatic ring is 1. The van der Waals surface area contributed by atoms with Crippen LogP contribution in [0.3, 0.4) is 0 Å². The molecule has 0 aliphatic heterocycles. The summed E-state index contributed by atoms with van der Waals surface area (Å²) in [7, 11) is 0. The molecule has 1 heterocycles. The van der Waals surface area contributed by atoms with Gasteiger partial charge in [-0.2, -0.15) is 4.98 Å². The van der Waals surface area contributed by atoms with Crippen LogP contribution in [0.4, 0.5) is 16.2 Å². The van der Waals surface area contributed by atoms with Gasteiger partial charge in [-0.1, -0.05) is 11.6 Å². The van der Waals surface area contributed by atoms with Gasteiger partial charge in [-0.25, -0.2) is 9.37 Å². The van der Waals surface area contributed by atoms with E-state index < -0.39 is 6.67 Å². The minimum absolute atomic E-state index is 0.0730. The molecule has 0 bridgehead atoms. The highest BCUT2D eigenvalue weighted by Gasteiger charge is 1.98. The van der Waals surface area contributed by atoms with Crippen molar-refractivity contribution in [1.82, 2.24) is 9.97 Å². The van der Waals surface area contributed by atoms with Gasteiger partial charge in [-0.15, -0.1) is 0 Å². The summed E-state index contributed by atoms with van der Waals surface area (Å²) in [5.41, 5.74) is 5.29. The number of halogens is 2. The second-order valence-corrected chi connectivity index (χ2v) is 2.44. The Labute approximate surface area is 74.0 Å². The van der Waals surface area contributed by atoms with Crippen molar-refractivity contribution in [2.75, 3.05) is 24.3 Å². The first kappa shape index (κ1) is 8.99. The van der Waals surface area contributed by atoms with Gasteiger partial charge in [-0.05, 0) is 0 Å². The van der Waals surface area contributed by atoms with E-state index in [-0.39, 0.29) is 17.6 Å². The molecule has 0 saturated heterocycles. The average Bonchev–Trinajstić information content (AvgIpc) is 1.99. The van der Waals surface area contributed by atoms with Crippen LogP contribution < -0.4 is 11.1 Å². The van der Waals surface area contributed by atoms with Crippen LogP contribution >= 0.6 is 11.6 Å². The van der Waals surface area contributed by atoms with Crippen molar-refractivity contribution in [3.8, 4) is 0 Å². The highest BCUT2D eigenvalue weighted by molar-refractivity contribution is 6.29. The summed E-state index contributed by atoms with van der Waals surface area (Å²) in [5.74, 6) is 0.508. The molecule has 0 atom stereocenters. The minimum Gasteiger partial charge on any atom is -0.368 e. The summed E-state index contributed by atoms with van der Waals surface area (Å²) in [4.78, 5) is 7.42. The van der Waals surface area contributed by atoms with Crippen molar-refractivity contribution in [2.45, 2.75) is 0 Å². The van der Waals surface area contributed by atoms with E-state index in [1.807, 2.05) is 0 Å². The molecule has 0 aliphatic rings. The Hall–Kier alpha value is -1.10. The lowest BCUT2D eigenvalue weighted by Gasteiger charge is -2.02. The van der Waals surface area contributed by atoms with Gasteiger partial charge in [0, 0.05) is 12.6 Å². The third kappa shape index (κ3) is 2.50. The second-order valence-electron chi connectivity index (χ2n) is 2.05. The molecular formula is C6H8ClFN4. The molecule has 0 saturated carbocycles. The Morgan fingerprint density at radius 1 is 1.58 bits per heavy atom. The fourth-order valence-electron chi connectivity index (χ4n) is 0.701. The summed E-state index contributed by atoms with van der Waals surface area (Å²) in [6.07, 6.45) is 0. The number of hydrogen-bond acceptors (Lipinski definition) is 4. The Morgan fingerprint density at radius 2 is 2.33 bits per heavy atom. The highest BCUT2D eigenvalue weighted by atomic mass is 35.5. The lowest BCUT2D eigenvalue weighted by atomic mass is 10.5. The molecule has 1 aromatic rings. The Kier molecular flexibility index (Phi) is 3.04. The maximum absolute atomic E-state index is 11.7. The van der Waals surface area contributed by atoms with Crippen LogP contribution in [0.25, 0.3) is 0 Å². The number of nitrogens with two attached hydrogens (primary N) is 1. The molecular weight excluding hydrogens is 183 g/mol. The van der Waals surface area contributed by atoms with E-state index in [4.69, 9.17) is 17.3 Å². The lowest BCUT2D eigenvalue weighted by Crippen LogP contribution is -2.06. The van der Waals surface area contributed by atoms with Crippen LogP contribution in [0.2, 0.25) is 5.15 Å². The number of nitrogens with one attached hydrogen (secondary N) is 1. The quantitative estimate of drug-likeness (QED) is 0.701. The molecule has 0 spiro atoms. The smallest absolute Gasteiger partial charge is 0.223 e. The van der Waals surface area contributed by atoms with Crippen molar-refractivity contribution >= 4 is 23.4 Å². The monoisotopic (exact) mass is 190 g/mol. The molecule has 12 heavy (non-hydrogen) atoms. The van der Waals surface area contributed by atoms with Crippen molar-refractivity contribution in [1.29, 1.82) is 0 Å². The lowest BCUT2D eigenvalue weighted by molar-refractivity contribution is 0.512. The zero-order valence-corrected chi connectivity index (χ0v) is 6.98. The Morgan fingerprint density at radius 3 is 2.92 bits per heavy atom. The van der Waals surface area contributed by atoms with Crippen LogP contribution in [0.15, 0.2) is 6.07 Å². The third-order valence-corrected chi connectivity index (χ3v) is 1.31. The standard InChI is InChI=1S/C6H8ClFN4/c7-4-3-5(10-2-1-8)12-6(9)11-4/h3H,1-2H2,(H3,9,10,11,12). The number of hydrogen-bond donors (Lipinski definition) is 2. The predicted molar refractivity (Wildman–Crippen MR) is 45.9 cm³/mol. The zero-order chi connectivity index (χ0) is 8.97. The van der Waals surface area contributed by atoms with E-state index >= 15 is 0 Å². The van der Waals surface area contributed by atoms with Gasteiger partial charge in [0.25, 0.3) is 0 Å². The fraction of sp³-hybridized carbons (Fsp3) is 0.333. The minimum atomic E-state index is -0.471. The summed E-state index contributed by atoms with van der Waals surface area (Å²) >= 11 is 5.56. The van der Waals surface area contributed by atoms with Crippen molar-refractivity contribution < 1.29 is 4.39 Å². The molecule has 1 aromatic heterocycles. The Bertz CT molecular complexity index is 247. The van der Waals surface area contributed by atoms with Gasteiger partial charge < -0.3 is 11.1 Å². The molecule has 66 valence electrons. The molecule has 0 aliphatic carbocycles. The van der Waals surface area contributed by atoms with Crippen molar-refractivity contribution in [2.24, 2.45) is 0 Å². The first-order valence-corrected chi connectivity index (χ1v) is 3.70. The molecule has 6 heteroatoms. The second kappa shape index (κ2) is 4.06. The Balaban J connectivity index is 2.72. The summed E-state index contributed by atoms with van der Waals surface area (Å²) in [6.45, 7) is -0.283. The molecule has 0 fully saturated rings. The van der Waals surface area contributed by atoms with Crippen molar-refractivity contribution in [3.05, 3.63) is 11.2 Å². The van der Waals surface area contributed by atoms with E-state index in [9.17, 15) is 4.39 Å². The molecule has 0 unspecified atom stereocenters. The van der Waals surface area contributed by atoms with Crippen LogP contribution in [0.1, 0.15) is 0 Å². The van der Waals surface area contributed by atoms with E-state index in [1.165, 1.54) is 6.07 Å². The van der Waals surface area contributed by atoms with E-state index in [0.717, 1.165) is 0 Å². The fourth-order valence-corrected chi connectivity index (χ4v) is 0.891. The van der Waals surface area contributed by atoms with Crippen LogP contribution in [0.5, 0.6) is 0 Å². The van der Waals surface area contributed by atoms with Gasteiger partial charge in [0.05, 0.1) is 0 Å². The number of alkyl halides is 1. The third-order valence-electron chi connectivity index (χ3n) is 1.11. The van der Waals surface area contributed by atoms with Gasteiger partial charge in [0.15, 0.2) is 0 Å². The van der Waals surface area contributed by atoms with E-state index in [2.05, 4.69) is 15.3 Å². The molecule has 0 radical (unpaired) electrons. The molecule has 0 aromatic carbocycles. The number of rotatable bonds is 3. The van der Waals surface area contributed by atoms with Gasteiger partial charge >= 0.3 is 0 Å². The summed E-state index contributed by atoms with van der Waals surface area (Å²) < 4.78 is 11.7. The maximum atomic E-state index is 11.7. The molecule has 4 nitrogen and oxygen atoms in total. The zero-order valence-electron chi connectivity index (χ0n) is 6.22. The topological polar surface area (TPSA) is 63.8 Å². The number of nitrogens with zero attached hydrogens (tertiary/aromatic N) is 2. The molecule has 3 N–H and O–H groups in total. The first-order chi connectivity index (χ1) is 5.72. The number of aromatic nitrogens is 2. The van der Waals surface area contributed by atoms with Gasteiger partial charge in [0.1, 0.15) is 17.6 Å². The highest BCUT2D eigenvalue weighted by Crippen LogP contribution is 2.11. The predicted octanol–water partition coefficient (Wildman–Crippen LogP) is 1.09. The SMILES string of the molecule is Nc1nc(Cl)cc(NCCF)n1. The molecule has 0 amide bonds. The van der Waals surface area contributed by atoms with Gasteiger partial charge in [0.2, 0.25) is 5.95 Å². The largest absolute Gasteiger partial charge is 0.368 e. The van der Waals surface area contributed by atoms with Crippen LogP contribution in [-0.2, 0) is 0 Å². The maximum Gasteiger partial charge on any atom is 0.223 e. The average molecular weight is 191 g/mol. The molecule has 1 rings (SSSR count). The summed E-state index contributed by atoms with van der Waals surface area (Å²) in [5, 5.41) is 2.93. The van der Waals surface area contributed by atoms with Gasteiger partial charge in [-0.3, -0.25) is 0 Å². The summed E-state index contributed by atoms with van der Waals surface area (Å²) in [6, 6.07) is 1.48. The number of anilines is 2. The van der Waals surface area contributed by atoms with E-state index in [1.54, 1.807) is 0 Å². The first-order valence-electron chi connectivity index (χ1n) is 3.32. The van der Waals surface area contributed by atoms with E-state index in [0.29, 0.717) is 5.82 Å². The van der Waals surface area contributed by atoms with Crippen molar-refractivity contribution in [3.63, 3.8) is 0 Å². The van der Waals surface area contributed by atoms with Crippen LogP contribution in [-0.4, -0.2) is 23.2 Å². The van der Waals surface area contributed by atoms with Crippen LogP contribution in [0, 0.1) is 0 Å². The normalized spacial score (nSPS) is 9.83.